The van der Waals surface area contributed by atoms with Crippen molar-refractivity contribution >= 4 is 5.91 Å². The summed E-state index contributed by atoms with van der Waals surface area (Å²) in [4.78, 5) is 19.2. The lowest BCUT2D eigenvalue weighted by Crippen LogP contribution is -2.47. The molecule has 9 heteroatoms. The number of aryl methyl sites for hydroxylation is 1. The fraction of sp³-hybridized carbons (Fsp3) is 0.357. The van der Waals surface area contributed by atoms with Crippen LogP contribution in [0.1, 0.15) is 17.8 Å². The van der Waals surface area contributed by atoms with Crippen LogP contribution >= 0.6 is 0 Å². The van der Waals surface area contributed by atoms with Crippen molar-refractivity contribution in [3.63, 3.8) is 0 Å². The molecule has 0 saturated carbocycles. The molecule has 0 aromatic carbocycles. The number of alkyl halides is 3. The van der Waals surface area contributed by atoms with Gasteiger partial charge in [0.2, 0.25) is 11.5 Å². The second-order valence-corrected chi connectivity index (χ2v) is 5.03. The predicted octanol–water partition coefficient (Wildman–Crippen LogP) is 1.27. The molecule has 2 N–H and O–H groups in total. The Hall–Kier alpha value is -2.42. The molecule has 1 amide bonds. The number of hydrogen-bond donors (Lipinski definition) is 2. The van der Waals surface area contributed by atoms with E-state index in [0.29, 0.717) is 5.56 Å². The molecule has 2 rings (SSSR count). The van der Waals surface area contributed by atoms with Crippen LogP contribution in [-0.4, -0.2) is 31.7 Å². The third-order valence-electron chi connectivity index (χ3n) is 3.29. The van der Waals surface area contributed by atoms with Gasteiger partial charge < -0.3 is 15.0 Å². The highest BCUT2D eigenvalue weighted by molar-refractivity contribution is 5.77. The lowest BCUT2D eigenvalue weighted by molar-refractivity contribution is -0.271. The average molecular weight is 328 g/mol. The van der Waals surface area contributed by atoms with Crippen LogP contribution in [0.3, 0.4) is 0 Å². The Morgan fingerprint density at radius 1 is 1.39 bits per heavy atom. The first-order chi connectivity index (χ1) is 10.7. The van der Waals surface area contributed by atoms with Crippen molar-refractivity contribution in [3.8, 4) is 0 Å². The van der Waals surface area contributed by atoms with Crippen LogP contribution in [0.4, 0.5) is 13.2 Å². The highest BCUT2D eigenvalue weighted by Gasteiger charge is 2.58. The van der Waals surface area contributed by atoms with E-state index in [-0.39, 0.29) is 6.54 Å². The monoisotopic (exact) mass is 328 g/mol. The van der Waals surface area contributed by atoms with Gasteiger partial charge in [-0.2, -0.15) is 13.2 Å². The zero-order valence-corrected chi connectivity index (χ0v) is 12.2. The van der Waals surface area contributed by atoms with E-state index in [1.165, 1.54) is 25.6 Å². The Kier molecular flexibility index (Phi) is 4.69. The summed E-state index contributed by atoms with van der Waals surface area (Å²) in [5.41, 5.74) is -2.72. The number of hydrogen-bond acceptors (Lipinski definition) is 4. The van der Waals surface area contributed by atoms with E-state index in [4.69, 9.17) is 0 Å². The zero-order valence-electron chi connectivity index (χ0n) is 12.2. The maximum absolute atomic E-state index is 13.3. The molecule has 0 spiro atoms. The number of pyridine rings is 1. The SMILES string of the molecule is Cn1ccnc1[C@](O)(CC(=O)NCc1cccnc1)C(F)(F)F. The molecule has 2 aromatic rings. The van der Waals surface area contributed by atoms with Crippen molar-refractivity contribution < 1.29 is 23.1 Å². The molecule has 0 aliphatic carbocycles. The minimum Gasteiger partial charge on any atom is -0.374 e. The molecule has 2 heterocycles. The maximum atomic E-state index is 13.3. The Labute approximate surface area is 130 Å². The molecule has 1 atom stereocenters. The minimum absolute atomic E-state index is 0.0151. The number of rotatable bonds is 5. The number of nitrogens with one attached hydrogen (secondary N) is 1. The highest BCUT2D eigenvalue weighted by atomic mass is 19.4. The van der Waals surface area contributed by atoms with Crippen LogP contribution in [0, 0.1) is 0 Å². The minimum atomic E-state index is -5.04. The molecule has 0 aliphatic rings. The highest BCUT2D eigenvalue weighted by Crippen LogP contribution is 2.40. The van der Waals surface area contributed by atoms with Gasteiger partial charge in [0.15, 0.2) is 5.82 Å². The van der Waals surface area contributed by atoms with Gasteiger partial charge in [0.25, 0.3) is 0 Å². The van der Waals surface area contributed by atoms with Crippen molar-refractivity contribution in [2.24, 2.45) is 7.05 Å². The fourth-order valence-electron chi connectivity index (χ4n) is 2.07. The van der Waals surface area contributed by atoms with Crippen LogP contribution in [0.25, 0.3) is 0 Å². The van der Waals surface area contributed by atoms with Crippen molar-refractivity contribution in [1.82, 2.24) is 19.9 Å². The lowest BCUT2D eigenvalue weighted by Gasteiger charge is -2.29. The number of amides is 1. The molecule has 6 nitrogen and oxygen atoms in total. The molecule has 124 valence electrons. The van der Waals surface area contributed by atoms with Crippen LogP contribution in [0.5, 0.6) is 0 Å². The van der Waals surface area contributed by atoms with E-state index >= 15 is 0 Å². The summed E-state index contributed by atoms with van der Waals surface area (Å²) in [5.74, 6) is -1.58. The number of aromatic nitrogens is 3. The largest absolute Gasteiger partial charge is 0.425 e. The van der Waals surface area contributed by atoms with Gasteiger partial charge in [-0.3, -0.25) is 9.78 Å². The third-order valence-corrected chi connectivity index (χ3v) is 3.29. The molecule has 0 radical (unpaired) electrons. The summed E-state index contributed by atoms with van der Waals surface area (Å²) >= 11 is 0. The van der Waals surface area contributed by atoms with Gasteiger partial charge in [0.1, 0.15) is 0 Å². The predicted molar refractivity (Wildman–Crippen MR) is 73.9 cm³/mol. The normalized spacial score (nSPS) is 14.3. The van der Waals surface area contributed by atoms with E-state index in [2.05, 4.69) is 15.3 Å². The first kappa shape index (κ1) is 16.9. The number of imidazole rings is 1. The number of halogens is 3. The molecular weight excluding hydrogens is 313 g/mol. The van der Waals surface area contributed by atoms with E-state index in [1.54, 1.807) is 12.1 Å². The van der Waals surface area contributed by atoms with Crippen molar-refractivity contribution in [2.45, 2.75) is 24.7 Å². The summed E-state index contributed by atoms with van der Waals surface area (Å²) in [6.07, 6.45) is -0.817. The third kappa shape index (κ3) is 3.67. The Balaban J connectivity index is 2.13. The first-order valence-corrected chi connectivity index (χ1v) is 6.66. The van der Waals surface area contributed by atoms with Crippen molar-refractivity contribution in [1.29, 1.82) is 0 Å². The molecule has 23 heavy (non-hydrogen) atoms. The topological polar surface area (TPSA) is 80.0 Å². The Morgan fingerprint density at radius 2 is 2.13 bits per heavy atom. The fourth-order valence-corrected chi connectivity index (χ4v) is 2.07. The molecule has 0 unspecified atom stereocenters. The van der Waals surface area contributed by atoms with E-state index in [0.717, 1.165) is 10.8 Å². The van der Waals surface area contributed by atoms with Gasteiger partial charge in [-0.15, -0.1) is 0 Å². The van der Waals surface area contributed by atoms with Gasteiger partial charge in [-0.1, -0.05) is 6.07 Å². The molecule has 0 bridgehead atoms. The summed E-state index contributed by atoms with van der Waals surface area (Å²) in [6.45, 7) is 0.0151. The summed E-state index contributed by atoms with van der Waals surface area (Å²) in [7, 11) is 1.31. The maximum Gasteiger partial charge on any atom is 0.425 e. The zero-order chi connectivity index (χ0) is 17.1. The van der Waals surface area contributed by atoms with E-state index in [1.807, 2.05) is 0 Å². The van der Waals surface area contributed by atoms with Gasteiger partial charge in [-0.05, 0) is 11.6 Å². The van der Waals surface area contributed by atoms with E-state index in [9.17, 15) is 23.1 Å². The quantitative estimate of drug-likeness (QED) is 0.866. The second-order valence-electron chi connectivity index (χ2n) is 5.03. The molecule has 0 saturated heterocycles. The number of aliphatic hydroxyl groups is 1. The first-order valence-electron chi connectivity index (χ1n) is 6.66. The Bertz CT molecular complexity index is 672. The average Bonchev–Trinajstić information content (AvgIpc) is 2.91. The van der Waals surface area contributed by atoms with Crippen LogP contribution in [0.2, 0.25) is 0 Å². The summed E-state index contributed by atoms with van der Waals surface area (Å²) < 4.78 is 40.9. The molecule has 0 fully saturated rings. The second kappa shape index (κ2) is 6.37. The standard InChI is InChI=1S/C14H15F3N4O2/c1-21-6-5-19-12(21)13(23,14(15,16)17)7-11(22)20-9-10-3-2-4-18-8-10/h2-6,8,23H,7,9H2,1H3,(H,20,22)/t13-/m1/s1. The van der Waals surface area contributed by atoms with Gasteiger partial charge in [0.05, 0.1) is 6.42 Å². The van der Waals surface area contributed by atoms with Crippen LogP contribution < -0.4 is 5.32 Å². The van der Waals surface area contributed by atoms with Crippen LogP contribution in [-0.2, 0) is 24.0 Å². The van der Waals surface area contributed by atoms with Gasteiger partial charge >= 0.3 is 6.18 Å². The summed E-state index contributed by atoms with van der Waals surface area (Å²) in [6, 6.07) is 3.31. The van der Waals surface area contributed by atoms with E-state index < -0.39 is 29.9 Å². The van der Waals surface area contributed by atoms with Gasteiger partial charge in [-0.25, -0.2) is 4.98 Å². The molecular formula is C14H15F3N4O2. The van der Waals surface area contributed by atoms with Gasteiger partial charge in [0, 0.05) is 38.4 Å². The number of carbonyl (C=O) groups excluding carboxylic acids is 1. The number of carbonyl (C=O) groups is 1. The summed E-state index contributed by atoms with van der Waals surface area (Å²) in [5, 5.41) is 12.4. The smallest absolute Gasteiger partial charge is 0.374 e. The van der Waals surface area contributed by atoms with Crippen molar-refractivity contribution in [3.05, 3.63) is 48.3 Å². The number of nitrogens with zero attached hydrogens (tertiary/aromatic N) is 3. The lowest BCUT2D eigenvalue weighted by atomic mass is 9.97. The molecule has 0 aliphatic heterocycles. The molecule has 2 aromatic heterocycles. The Morgan fingerprint density at radius 3 is 2.65 bits per heavy atom. The van der Waals surface area contributed by atoms with Crippen LogP contribution in [0.15, 0.2) is 36.9 Å². The van der Waals surface area contributed by atoms with Crippen molar-refractivity contribution in [2.75, 3.05) is 0 Å².